The van der Waals surface area contributed by atoms with Crippen LogP contribution in [0.2, 0.25) is 0 Å². The van der Waals surface area contributed by atoms with Gasteiger partial charge in [-0.15, -0.1) is 0 Å². The van der Waals surface area contributed by atoms with Crippen molar-refractivity contribution in [2.45, 2.75) is 77.7 Å². The molecular weight excluding hydrogens is 324 g/mol. The first-order valence-electron chi connectivity index (χ1n) is 9.94. The van der Waals surface area contributed by atoms with E-state index in [1.807, 2.05) is 13.8 Å². The molecule has 0 spiro atoms. The second-order valence-electron chi connectivity index (χ2n) is 8.23. The van der Waals surface area contributed by atoms with Gasteiger partial charge in [0, 0.05) is 11.5 Å². The highest BCUT2D eigenvalue weighted by molar-refractivity contribution is 5.51. The highest BCUT2D eigenvalue weighted by Gasteiger charge is 2.39. The van der Waals surface area contributed by atoms with Crippen LogP contribution in [-0.4, -0.2) is 24.9 Å². The van der Waals surface area contributed by atoms with Gasteiger partial charge in [-0.05, 0) is 70.1 Å². The number of hydrogen-bond donors (Lipinski definition) is 1. The first-order valence-corrected chi connectivity index (χ1v) is 9.94. The molecule has 1 aliphatic rings. The molecule has 26 heavy (non-hydrogen) atoms. The van der Waals surface area contributed by atoms with Crippen LogP contribution in [0.25, 0.3) is 0 Å². The molecule has 1 N–H and O–H groups in total. The van der Waals surface area contributed by atoms with E-state index in [9.17, 15) is 5.11 Å². The van der Waals surface area contributed by atoms with Crippen molar-refractivity contribution in [1.29, 1.82) is 0 Å². The number of hydrogen-bond acceptors (Lipinski definition) is 3. The minimum atomic E-state index is -0.752. The number of methoxy groups -OCH3 is 2. The lowest BCUT2D eigenvalue weighted by atomic mass is 9.69. The molecule has 1 aromatic rings. The fourth-order valence-electron chi connectivity index (χ4n) is 4.23. The van der Waals surface area contributed by atoms with E-state index in [2.05, 4.69) is 32.1 Å². The summed E-state index contributed by atoms with van der Waals surface area (Å²) in [4.78, 5) is 0. The number of aryl methyl sites for hydroxylation is 1. The van der Waals surface area contributed by atoms with Crippen LogP contribution in [-0.2, 0) is 6.42 Å². The van der Waals surface area contributed by atoms with Crippen LogP contribution < -0.4 is 9.47 Å². The summed E-state index contributed by atoms with van der Waals surface area (Å²) in [5, 5.41) is 10.8. The summed E-state index contributed by atoms with van der Waals surface area (Å²) in [6, 6.07) is 4.34. The number of benzene rings is 1. The highest BCUT2D eigenvalue weighted by Crippen LogP contribution is 2.49. The summed E-state index contributed by atoms with van der Waals surface area (Å²) in [7, 11) is 3.47. The van der Waals surface area contributed by atoms with Crippen LogP contribution in [0.1, 0.15) is 76.8 Å². The van der Waals surface area contributed by atoms with Crippen LogP contribution in [0, 0.1) is 5.92 Å². The van der Waals surface area contributed by atoms with Gasteiger partial charge >= 0.3 is 0 Å². The van der Waals surface area contributed by atoms with Crippen molar-refractivity contribution < 1.29 is 14.6 Å². The van der Waals surface area contributed by atoms with Crippen molar-refractivity contribution in [2.75, 3.05) is 14.2 Å². The van der Waals surface area contributed by atoms with Gasteiger partial charge in [-0.25, -0.2) is 0 Å². The smallest absolute Gasteiger partial charge is 0.126 e. The monoisotopic (exact) mass is 360 g/mol. The zero-order chi connectivity index (χ0) is 19.3. The molecule has 2 atom stereocenters. The lowest BCUT2D eigenvalue weighted by molar-refractivity contribution is 0.00267. The van der Waals surface area contributed by atoms with E-state index in [1.54, 1.807) is 14.2 Å². The maximum atomic E-state index is 10.8. The lowest BCUT2D eigenvalue weighted by Gasteiger charge is -2.39. The van der Waals surface area contributed by atoms with Gasteiger partial charge in [-0.3, -0.25) is 0 Å². The third kappa shape index (κ3) is 4.82. The Kier molecular flexibility index (Phi) is 7.16. The summed E-state index contributed by atoms with van der Waals surface area (Å²) in [6.45, 7) is 8.22. The quantitative estimate of drug-likeness (QED) is 0.481. The molecule has 0 bridgehead atoms. The van der Waals surface area contributed by atoms with Gasteiger partial charge in [0.1, 0.15) is 11.5 Å². The molecule has 3 nitrogen and oxygen atoms in total. The largest absolute Gasteiger partial charge is 0.496 e. The third-order valence-electron chi connectivity index (χ3n) is 5.70. The fourth-order valence-corrected chi connectivity index (χ4v) is 4.23. The number of rotatable bonds is 8. The average molecular weight is 361 g/mol. The number of unbranched alkanes of at least 4 members (excludes halogenated alkanes) is 2. The first kappa shape index (κ1) is 20.8. The Morgan fingerprint density at radius 1 is 1.12 bits per heavy atom. The molecule has 0 radical (unpaired) electrons. The van der Waals surface area contributed by atoms with Gasteiger partial charge in [0.25, 0.3) is 0 Å². The van der Waals surface area contributed by atoms with E-state index in [1.165, 1.54) is 30.4 Å². The van der Waals surface area contributed by atoms with Gasteiger partial charge in [0.05, 0.1) is 19.8 Å². The van der Waals surface area contributed by atoms with Crippen molar-refractivity contribution in [3.63, 3.8) is 0 Å². The minimum absolute atomic E-state index is 0.139. The predicted molar refractivity (Wildman–Crippen MR) is 108 cm³/mol. The Morgan fingerprint density at radius 2 is 1.73 bits per heavy atom. The Labute approximate surface area is 159 Å². The van der Waals surface area contributed by atoms with Gasteiger partial charge in [0.2, 0.25) is 0 Å². The predicted octanol–water partition coefficient (Wildman–Crippen LogP) is 5.65. The maximum Gasteiger partial charge on any atom is 0.126 e. The lowest BCUT2D eigenvalue weighted by Crippen LogP contribution is -2.37. The second-order valence-corrected chi connectivity index (χ2v) is 8.23. The summed E-state index contributed by atoms with van der Waals surface area (Å²) >= 11 is 0. The standard InChI is InChI=1S/C23H36O3/c1-7-8-9-10-17-14-20(25-5)22(21(15-17)26-6)18-13-16(2)11-12-19(18)23(3,4)24/h11,14-15,18-19,24H,7-10,12-13H2,1-6H3/t18-,19-/m0/s1. The maximum absolute atomic E-state index is 10.8. The van der Waals surface area contributed by atoms with Gasteiger partial charge in [-0.2, -0.15) is 0 Å². The van der Waals surface area contributed by atoms with Crippen molar-refractivity contribution in [3.8, 4) is 11.5 Å². The van der Waals surface area contributed by atoms with E-state index in [0.717, 1.165) is 36.3 Å². The molecule has 0 unspecified atom stereocenters. The molecule has 0 saturated heterocycles. The molecule has 0 amide bonds. The van der Waals surface area contributed by atoms with E-state index in [0.29, 0.717) is 0 Å². The van der Waals surface area contributed by atoms with Gasteiger partial charge in [0.15, 0.2) is 0 Å². The van der Waals surface area contributed by atoms with E-state index >= 15 is 0 Å². The van der Waals surface area contributed by atoms with E-state index in [-0.39, 0.29) is 11.8 Å². The zero-order valence-electron chi connectivity index (χ0n) is 17.4. The summed E-state index contributed by atoms with van der Waals surface area (Å²) in [5.74, 6) is 2.11. The number of aliphatic hydroxyl groups is 1. The third-order valence-corrected chi connectivity index (χ3v) is 5.70. The number of ether oxygens (including phenoxy) is 2. The minimum Gasteiger partial charge on any atom is -0.496 e. The Morgan fingerprint density at radius 3 is 2.23 bits per heavy atom. The first-order chi connectivity index (χ1) is 12.3. The van der Waals surface area contributed by atoms with Crippen molar-refractivity contribution in [1.82, 2.24) is 0 Å². The van der Waals surface area contributed by atoms with Gasteiger partial charge in [-0.1, -0.05) is 31.4 Å². The van der Waals surface area contributed by atoms with E-state index in [4.69, 9.17) is 9.47 Å². The normalized spacial score (nSPS) is 20.7. The molecule has 3 heteroatoms. The van der Waals surface area contributed by atoms with Crippen LogP contribution in [0.3, 0.4) is 0 Å². The fraction of sp³-hybridized carbons (Fsp3) is 0.652. The molecule has 0 fully saturated rings. The number of allylic oxidation sites excluding steroid dienone is 2. The SMILES string of the molecule is CCCCCc1cc(OC)c([C@H]2CC(C)=CC[C@@H]2C(C)(C)O)c(OC)c1. The van der Waals surface area contributed by atoms with Crippen LogP contribution in [0.15, 0.2) is 23.8 Å². The Balaban J connectivity index is 2.47. The summed E-state index contributed by atoms with van der Waals surface area (Å²) in [6.07, 6.45) is 8.74. The van der Waals surface area contributed by atoms with Crippen molar-refractivity contribution >= 4 is 0 Å². The topological polar surface area (TPSA) is 38.7 Å². The summed E-state index contributed by atoms with van der Waals surface area (Å²) in [5.41, 5.74) is 2.98. The van der Waals surface area contributed by atoms with E-state index < -0.39 is 5.60 Å². The zero-order valence-corrected chi connectivity index (χ0v) is 17.4. The second kappa shape index (κ2) is 8.94. The molecule has 0 aromatic heterocycles. The molecule has 2 rings (SSSR count). The molecule has 0 heterocycles. The molecule has 0 aliphatic heterocycles. The van der Waals surface area contributed by atoms with Crippen LogP contribution in [0.4, 0.5) is 0 Å². The van der Waals surface area contributed by atoms with Crippen molar-refractivity contribution in [3.05, 3.63) is 34.9 Å². The molecule has 1 aliphatic carbocycles. The average Bonchev–Trinajstić information content (AvgIpc) is 2.59. The Bertz CT molecular complexity index is 600. The molecule has 0 saturated carbocycles. The van der Waals surface area contributed by atoms with Crippen LogP contribution >= 0.6 is 0 Å². The van der Waals surface area contributed by atoms with Crippen molar-refractivity contribution in [2.24, 2.45) is 5.92 Å². The molecule has 1 aromatic carbocycles. The van der Waals surface area contributed by atoms with Crippen LogP contribution in [0.5, 0.6) is 11.5 Å². The highest BCUT2D eigenvalue weighted by atomic mass is 16.5. The molecular formula is C23H36O3. The van der Waals surface area contributed by atoms with Gasteiger partial charge < -0.3 is 14.6 Å². The molecule has 146 valence electrons. The summed E-state index contributed by atoms with van der Waals surface area (Å²) < 4.78 is 11.6. The Hall–Kier alpha value is -1.48.